The molecule has 0 saturated heterocycles. The number of nitrogens with zero attached hydrogens (tertiary/aromatic N) is 3. The number of aryl methyl sites for hydroxylation is 1. The highest BCUT2D eigenvalue weighted by Gasteiger charge is 2.26. The first-order chi connectivity index (χ1) is 10.5. The Balaban J connectivity index is 2.10. The van der Waals surface area contributed by atoms with Crippen molar-refractivity contribution in [3.63, 3.8) is 0 Å². The van der Waals surface area contributed by atoms with E-state index in [0.29, 0.717) is 24.0 Å². The van der Waals surface area contributed by atoms with Gasteiger partial charge in [-0.25, -0.2) is 9.97 Å². The zero-order valence-electron chi connectivity index (χ0n) is 13.5. The molecule has 0 bridgehead atoms. The monoisotopic (exact) mass is 304 g/mol. The molecule has 0 aliphatic heterocycles. The Morgan fingerprint density at radius 1 is 1.36 bits per heavy atom. The van der Waals surface area contributed by atoms with Crippen molar-refractivity contribution in [2.75, 3.05) is 13.2 Å². The first-order valence-corrected chi connectivity index (χ1v) is 7.71. The second-order valence-corrected chi connectivity index (χ2v) is 5.79. The quantitative estimate of drug-likeness (QED) is 0.818. The average Bonchev–Trinajstić information content (AvgIpc) is 2.92. The number of rotatable bonds is 7. The van der Waals surface area contributed by atoms with Crippen molar-refractivity contribution in [2.45, 2.75) is 33.1 Å². The van der Waals surface area contributed by atoms with Crippen molar-refractivity contribution < 1.29 is 9.90 Å². The molecule has 0 aliphatic carbocycles. The van der Waals surface area contributed by atoms with Crippen LogP contribution in [0.25, 0.3) is 11.2 Å². The predicted molar refractivity (Wildman–Crippen MR) is 85.6 cm³/mol. The molecule has 0 spiro atoms. The standard InChI is InChI=1S/C16H24N4O2/c1-4-16(5-2,6-7-21)10-18-15(22)12-8-13-14(17-9-12)20(3)11-19-13/h8-9,11,21H,4-7,10H2,1-3H3,(H,18,22). The summed E-state index contributed by atoms with van der Waals surface area (Å²) in [7, 11) is 1.87. The molecule has 0 aromatic carbocycles. The maximum Gasteiger partial charge on any atom is 0.252 e. The third-order valence-electron chi connectivity index (χ3n) is 4.58. The van der Waals surface area contributed by atoms with E-state index in [4.69, 9.17) is 0 Å². The second-order valence-electron chi connectivity index (χ2n) is 5.79. The summed E-state index contributed by atoms with van der Waals surface area (Å²) in [5.74, 6) is -0.149. The first-order valence-electron chi connectivity index (χ1n) is 7.71. The molecular weight excluding hydrogens is 280 g/mol. The van der Waals surface area contributed by atoms with Gasteiger partial charge in [0.15, 0.2) is 5.65 Å². The molecule has 2 heterocycles. The van der Waals surface area contributed by atoms with Gasteiger partial charge in [-0.05, 0) is 30.7 Å². The molecule has 0 saturated carbocycles. The van der Waals surface area contributed by atoms with Crippen molar-refractivity contribution in [1.29, 1.82) is 0 Å². The number of aliphatic hydroxyl groups is 1. The molecule has 0 aliphatic rings. The van der Waals surface area contributed by atoms with Crippen LogP contribution in [0.4, 0.5) is 0 Å². The Hall–Kier alpha value is -1.95. The second kappa shape index (κ2) is 6.87. The number of imidazole rings is 1. The summed E-state index contributed by atoms with van der Waals surface area (Å²) in [5, 5.41) is 12.2. The summed E-state index contributed by atoms with van der Waals surface area (Å²) in [6, 6.07) is 1.75. The number of pyridine rings is 1. The van der Waals surface area contributed by atoms with Crippen LogP contribution >= 0.6 is 0 Å². The van der Waals surface area contributed by atoms with E-state index < -0.39 is 0 Å². The summed E-state index contributed by atoms with van der Waals surface area (Å²) in [5.41, 5.74) is 1.93. The first kappa shape index (κ1) is 16.4. The highest BCUT2D eigenvalue weighted by Crippen LogP contribution is 2.29. The molecular formula is C16H24N4O2. The average molecular weight is 304 g/mol. The van der Waals surface area contributed by atoms with Gasteiger partial charge in [0.25, 0.3) is 5.91 Å². The van der Waals surface area contributed by atoms with Crippen molar-refractivity contribution in [2.24, 2.45) is 12.5 Å². The van der Waals surface area contributed by atoms with Crippen LogP contribution in [0.1, 0.15) is 43.5 Å². The molecule has 6 nitrogen and oxygen atoms in total. The molecule has 2 aromatic rings. The maximum absolute atomic E-state index is 12.3. The Kier molecular flexibility index (Phi) is 5.13. The lowest BCUT2D eigenvalue weighted by atomic mass is 9.79. The van der Waals surface area contributed by atoms with E-state index in [9.17, 15) is 9.90 Å². The molecule has 0 unspecified atom stereocenters. The summed E-state index contributed by atoms with van der Waals surface area (Å²) >= 11 is 0. The lowest BCUT2D eigenvalue weighted by Gasteiger charge is -2.31. The molecule has 2 aromatic heterocycles. The van der Waals surface area contributed by atoms with Gasteiger partial charge in [0.05, 0.1) is 11.9 Å². The van der Waals surface area contributed by atoms with Gasteiger partial charge in [-0.15, -0.1) is 0 Å². The van der Waals surface area contributed by atoms with Crippen LogP contribution in [0.3, 0.4) is 0 Å². The van der Waals surface area contributed by atoms with Crippen LogP contribution in [-0.4, -0.2) is 38.7 Å². The van der Waals surface area contributed by atoms with Crippen molar-refractivity contribution in [1.82, 2.24) is 19.9 Å². The normalized spacial score (nSPS) is 11.8. The number of hydrogen-bond acceptors (Lipinski definition) is 4. The maximum atomic E-state index is 12.3. The Morgan fingerprint density at radius 2 is 2.09 bits per heavy atom. The van der Waals surface area contributed by atoms with Gasteiger partial charge in [0.2, 0.25) is 0 Å². The smallest absolute Gasteiger partial charge is 0.252 e. The minimum atomic E-state index is -0.149. The molecule has 0 fully saturated rings. The Labute approximate surface area is 130 Å². The van der Waals surface area contributed by atoms with Crippen molar-refractivity contribution in [3.05, 3.63) is 24.2 Å². The fourth-order valence-corrected chi connectivity index (χ4v) is 2.69. The minimum absolute atomic E-state index is 0.0487. The zero-order valence-corrected chi connectivity index (χ0v) is 13.5. The van der Waals surface area contributed by atoms with E-state index >= 15 is 0 Å². The van der Waals surface area contributed by atoms with E-state index in [1.165, 1.54) is 0 Å². The van der Waals surface area contributed by atoms with Gasteiger partial charge < -0.3 is 15.0 Å². The van der Waals surface area contributed by atoms with Crippen LogP contribution in [0.15, 0.2) is 18.6 Å². The van der Waals surface area contributed by atoms with Gasteiger partial charge in [0.1, 0.15) is 5.52 Å². The van der Waals surface area contributed by atoms with Crippen LogP contribution in [-0.2, 0) is 7.05 Å². The molecule has 2 rings (SSSR count). The highest BCUT2D eigenvalue weighted by molar-refractivity contribution is 5.96. The minimum Gasteiger partial charge on any atom is -0.396 e. The van der Waals surface area contributed by atoms with Gasteiger partial charge >= 0.3 is 0 Å². The van der Waals surface area contributed by atoms with E-state index in [-0.39, 0.29) is 17.9 Å². The number of aliphatic hydroxyl groups excluding tert-OH is 1. The molecule has 1 amide bonds. The summed E-state index contributed by atoms with van der Waals surface area (Å²) in [4.78, 5) is 20.8. The molecule has 22 heavy (non-hydrogen) atoms. The lowest BCUT2D eigenvalue weighted by molar-refractivity contribution is 0.0907. The lowest BCUT2D eigenvalue weighted by Crippen LogP contribution is -2.37. The van der Waals surface area contributed by atoms with Crippen LogP contribution < -0.4 is 5.32 Å². The number of amides is 1. The summed E-state index contributed by atoms with van der Waals surface area (Å²) in [6.07, 6.45) is 5.78. The highest BCUT2D eigenvalue weighted by atomic mass is 16.3. The van der Waals surface area contributed by atoms with Gasteiger partial charge in [-0.2, -0.15) is 0 Å². The SMILES string of the molecule is CCC(CC)(CCO)CNC(=O)c1cnc2c(c1)ncn2C. The van der Waals surface area contributed by atoms with Crippen LogP contribution in [0.5, 0.6) is 0 Å². The van der Waals surface area contributed by atoms with Crippen LogP contribution in [0, 0.1) is 5.41 Å². The fraction of sp³-hybridized carbons (Fsp3) is 0.562. The van der Waals surface area contributed by atoms with Gasteiger partial charge in [0, 0.05) is 26.4 Å². The number of carbonyl (C=O) groups is 1. The summed E-state index contributed by atoms with van der Waals surface area (Å²) in [6.45, 7) is 4.87. The summed E-state index contributed by atoms with van der Waals surface area (Å²) < 4.78 is 1.82. The number of carbonyl (C=O) groups excluding carboxylic acids is 1. The van der Waals surface area contributed by atoms with Crippen LogP contribution in [0.2, 0.25) is 0 Å². The third kappa shape index (κ3) is 3.27. The molecule has 6 heteroatoms. The zero-order chi connectivity index (χ0) is 16.2. The molecule has 120 valence electrons. The Morgan fingerprint density at radius 3 is 2.73 bits per heavy atom. The third-order valence-corrected chi connectivity index (χ3v) is 4.58. The number of fused-ring (bicyclic) bond motifs is 1. The van der Waals surface area contributed by atoms with E-state index in [0.717, 1.165) is 18.5 Å². The molecule has 0 atom stereocenters. The van der Waals surface area contributed by atoms with Crippen molar-refractivity contribution >= 4 is 17.1 Å². The number of aromatic nitrogens is 3. The fourth-order valence-electron chi connectivity index (χ4n) is 2.69. The van der Waals surface area contributed by atoms with Crippen molar-refractivity contribution in [3.8, 4) is 0 Å². The van der Waals surface area contributed by atoms with Gasteiger partial charge in [-0.1, -0.05) is 13.8 Å². The van der Waals surface area contributed by atoms with Gasteiger partial charge in [-0.3, -0.25) is 4.79 Å². The number of nitrogens with one attached hydrogen (secondary N) is 1. The molecule has 2 N–H and O–H groups in total. The largest absolute Gasteiger partial charge is 0.396 e. The number of hydrogen-bond donors (Lipinski definition) is 2. The van der Waals surface area contributed by atoms with E-state index in [1.807, 2.05) is 11.6 Å². The predicted octanol–water partition coefficient (Wildman–Crippen LogP) is 1.89. The molecule has 0 radical (unpaired) electrons. The Bertz CT molecular complexity index is 647. The topological polar surface area (TPSA) is 80.0 Å². The van der Waals surface area contributed by atoms with E-state index in [1.54, 1.807) is 18.6 Å². The van der Waals surface area contributed by atoms with E-state index in [2.05, 4.69) is 29.1 Å².